The molecular formula is C17H43NO2. The maximum atomic E-state index is 7.00. The van der Waals surface area contributed by atoms with Crippen LogP contribution < -0.4 is 0 Å². The number of nitrogens with zero attached hydrogens (tertiary/aromatic N) is 1. The minimum Gasteiger partial charge on any atom is -0.400 e. The summed E-state index contributed by atoms with van der Waals surface area (Å²) in [6, 6.07) is 0. The first-order valence-electron chi connectivity index (χ1n) is 8.42. The second kappa shape index (κ2) is 36.4. The van der Waals surface area contributed by atoms with Crippen LogP contribution in [0.25, 0.3) is 0 Å². The Morgan fingerprint density at radius 1 is 0.650 bits per heavy atom. The van der Waals surface area contributed by atoms with Crippen LogP contribution in [0.15, 0.2) is 0 Å². The van der Waals surface area contributed by atoms with Crippen LogP contribution in [0.4, 0.5) is 0 Å². The maximum Gasteiger partial charge on any atom is 0.0437 e. The molecule has 128 valence electrons. The monoisotopic (exact) mass is 293 g/mol. The lowest BCUT2D eigenvalue weighted by molar-refractivity contribution is 0.162. The van der Waals surface area contributed by atoms with Crippen molar-refractivity contribution in [2.24, 2.45) is 0 Å². The number of aliphatic hydroxyl groups excluding tert-OH is 1. The molecule has 0 aromatic rings. The molecular weight excluding hydrogens is 250 g/mol. The number of aliphatic hydroxyl groups is 1. The molecule has 3 heteroatoms. The van der Waals surface area contributed by atoms with E-state index in [1.165, 1.54) is 45.3 Å². The lowest BCUT2D eigenvalue weighted by Crippen LogP contribution is -2.21. The molecule has 0 aromatic carbocycles. The molecule has 0 unspecified atom stereocenters. The molecule has 0 rings (SSSR count). The molecule has 0 heterocycles. The van der Waals surface area contributed by atoms with Gasteiger partial charge >= 0.3 is 0 Å². The van der Waals surface area contributed by atoms with Crippen LogP contribution in [0.2, 0.25) is 0 Å². The van der Waals surface area contributed by atoms with Crippen molar-refractivity contribution in [1.29, 1.82) is 0 Å². The highest BCUT2D eigenvalue weighted by atomic mass is 16.5. The number of hydrogen-bond acceptors (Lipinski definition) is 3. The quantitative estimate of drug-likeness (QED) is 0.665. The summed E-state index contributed by atoms with van der Waals surface area (Å²) in [6.07, 6.45) is 5.54. The second-order valence-corrected chi connectivity index (χ2v) is 4.11. The van der Waals surface area contributed by atoms with Crippen molar-refractivity contribution in [3.05, 3.63) is 0 Å². The van der Waals surface area contributed by atoms with Crippen LogP contribution >= 0.6 is 0 Å². The van der Waals surface area contributed by atoms with Crippen LogP contribution in [0, 0.1) is 0 Å². The van der Waals surface area contributed by atoms with Crippen molar-refractivity contribution in [2.45, 2.75) is 74.1 Å². The van der Waals surface area contributed by atoms with Gasteiger partial charge in [0.25, 0.3) is 0 Å². The molecule has 1 N–H and O–H groups in total. The van der Waals surface area contributed by atoms with Crippen molar-refractivity contribution in [2.75, 3.05) is 40.0 Å². The first-order chi connectivity index (χ1) is 9.67. The summed E-state index contributed by atoms with van der Waals surface area (Å²) in [6.45, 7) is 20.3. The average Bonchev–Trinajstić information content (AvgIpc) is 2.51. The van der Waals surface area contributed by atoms with E-state index in [2.05, 4.69) is 39.5 Å². The van der Waals surface area contributed by atoms with Crippen LogP contribution in [0.3, 0.4) is 0 Å². The van der Waals surface area contributed by atoms with Crippen molar-refractivity contribution < 1.29 is 9.84 Å². The van der Waals surface area contributed by atoms with Crippen molar-refractivity contribution in [3.63, 3.8) is 0 Å². The molecule has 0 radical (unpaired) electrons. The van der Waals surface area contributed by atoms with E-state index in [-0.39, 0.29) is 0 Å². The molecule has 0 aliphatic carbocycles. The zero-order valence-electron chi connectivity index (χ0n) is 15.7. The molecule has 0 atom stereocenters. The van der Waals surface area contributed by atoms with Gasteiger partial charge < -0.3 is 14.7 Å². The molecule has 0 saturated heterocycles. The molecule has 0 aliphatic rings. The lowest BCUT2D eigenvalue weighted by Gasteiger charge is -2.13. The third-order valence-electron chi connectivity index (χ3n) is 2.71. The summed E-state index contributed by atoms with van der Waals surface area (Å²) in [4.78, 5) is 2.38. The van der Waals surface area contributed by atoms with Gasteiger partial charge in [-0.3, -0.25) is 0 Å². The number of hydrogen-bond donors (Lipinski definition) is 1. The van der Waals surface area contributed by atoms with Gasteiger partial charge in [-0.15, -0.1) is 0 Å². The van der Waals surface area contributed by atoms with E-state index in [1.54, 1.807) is 0 Å². The van der Waals surface area contributed by atoms with E-state index in [4.69, 9.17) is 9.84 Å². The summed E-state index contributed by atoms with van der Waals surface area (Å²) in [5, 5.41) is 7.00. The van der Waals surface area contributed by atoms with E-state index in [1.807, 2.05) is 13.8 Å². The third-order valence-corrected chi connectivity index (χ3v) is 2.71. The molecule has 0 fully saturated rings. The van der Waals surface area contributed by atoms with Gasteiger partial charge in [-0.25, -0.2) is 0 Å². The first kappa shape index (κ1) is 28.1. The van der Waals surface area contributed by atoms with Gasteiger partial charge in [-0.2, -0.15) is 0 Å². The molecule has 0 aliphatic heterocycles. The fourth-order valence-corrected chi connectivity index (χ4v) is 1.37. The van der Waals surface area contributed by atoms with Gasteiger partial charge in [0.05, 0.1) is 0 Å². The van der Waals surface area contributed by atoms with E-state index in [0.717, 1.165) is 20.3 Å². The second-order valence-electron chi connectivity index (χ2n) is 4.11. The fourth-order valence-electron chi connectivity index (χ4n) is 1.37. The summed E-state index contributed by atoms with van der Waals surface area (Å²) in [7, 11) is 1.00. The van der Waals surface area contributed by atoms with E-state index >= 15 is 0 Å². The molecule has 0 spiro atoms. The molecule has 20 heavy (non-hydrogen) atoms. The minimum absolute atomic E-state index is 0.844. The van der Waals surface area contributed by atoms with Gasteiger partial charge in [0.15, 0.2) is 0 Å². The third kappa shape index (κ3) is 43.0. The Morgan fingerprint density at radius 3 is 1.00 bits per heavy atom. The summed E-state index contributed by atoms with van der Waals surface area (Å²) >= 11 is 0. The van der Waals surface area contributed by atoms with Crippen molar-refractivity contribution in [1.82, 2.24) is 4.90 Å². The Morgan fingerprint density at radius 2 is 0.950 bits per heavy atom. The number of unbranched alkanes of at least 4 members (excludes halogenated alkanes) is 3. The lowest BCUT2D eigenvalue weighted by atomic mass is 10.2. The Balaban J connectivity index is -0.0000000913. The van der Waals surface area contributed by atoms with E-state index < -0.39 is 0 Å². The fraction of sp³-hybridized carbons (Fsp3) is 1.00. The first-order valence-corrected chi connectivity index (χ1v) is 8.42. The van der Waals surface area contributed by atoms with Crippen LogP contribution in [0.1, 0.15) is 74.1 Å². The standard InChI is InChI=1S/C6H15N.C6H14.C4H10O.CH4O/c1-4-7(5-2)6-3;1-3-5-6-4-2;1-3-5-4-2;1-2/h4-6H2,1-3H3;3-6H2,1-2H3;3-4H2,1-2H3;2H,1H3. The van der Waals surface area contributed by atoms with Crippen LogP contribution in [-0.2, 0) is 4.74 Å². The highest BCUT2D eigenvalue weighted by Crippen LogP contribution is 1.95. The largest absolute Gasteiger partial charge is 0.400 e. The predicted molar refractivity (Wildman–Crippen MR) is 93.6 cm³/mol. The molecule has 0 aromatic heterocycles. The summed E-state index contributed by atoms with van der Waals surface area (Å²) in [5.74, 6) is 0. The zero-order valence-corrected chi connectivity index (χ0v) is 15.7. The molecule has 0 saturated carbocycles. The zero-order chi connectivity index (χ0) is 16.6. The Labute approximate surface area is 129 Å². The Kier molecular flexibility index (Phi) is 51.1. The normalized spacial score (nSPS) is 8.70. The topological polar surface area (TPSA) is 32.7 Å². The number of ether oxygens (including phenoxy) is 1. The van der Waals surface area contributed by atoms with Crippen LogP contribution in [-0.4, -0.2) is 50.0 Å². The molecule has 0 amide bonds. The number of rotatable bonds is 8. The van der Waals surface area contributed by atoms with Gasteiger partial charge in [0.2, 0.25) is 0 Å². The Bertz CT molecular complexity index is 95.7. The molecule has 3 nitrogen and oxygen atoms in total. The van der Waals surface area contributed by atoms with Gasteiger partial charge in [-0.1, -0.05) is 60.3 Å². The van der Waals surface area contributed by atoms with Crippen molar-refractivity contribution in [3.8, 4) is 0 Å². The Hall–Kier alpha value is -0.120. The summed E-state index contributed by atoms with van der Waals surface area (Å²) < 4.78 is 4.83. The van der Waals surface area contributed by atoms with E-state index in [0.29, 0.717) is 0 Å². The summed E-state index contributed by atoms with van der Waals surface area (Å²) in [5.41, 5.74) is 0. The van der Waals surface area contributed by atoms with E-state index in [9.17, 15) is 0 Å². The smallest absolute Gasteiger partial charge is 0.0437 e. The van der Waals surface area contributed by atoms with Crippen molar-refractivity contribution >= 4 is 0 Å². The van der Waals surface area contributed by atoms with Gasteiger partial charge in [0.1, 0.15) is 0 Å². The SMILES string of the molecule is CCCCCC.CCN(CC)CC.CCOCC.CO. The molecule has 0 bridgehead atoms. The maximum absolute atomic E-state index is 7.00. The van der Waals surface area contributed by atoms with Gasteiger partial charge in [-0.05, 0) is 33.5 Å². The average molecular weight is 294 g/mol. The minimum atomic E-state index is 0.844. The predicted octanol–water partition coefficient (Wildman–Crippen LogP) is 4.59. The highest BCUT2D eigenvalue weighted by molar-refractivity contribution is 4.43. The highest BCUT2D eigenvalue weighted by Gasteiger charge is 1.89. The van der Waals surface area contributed by atoms with Gasteiger partial charge in [0, 0.05) is 20.3 Å². The van der Waals surface area contributed by atoms with Crippen LogP contribution in [0.5, 0.6) is 0 Å².